The third-order valence-corrected chi connectivity index (χ3v) is 8.69. The first-order valence-electron chi connectivity index (χ1n) is 21.3. The van der Waals surface area contributed by atoms with E-state index in [9.17, 15) is 9.59 Å². The highest BCUT2D eigenvalue weighted by atomic mass is 16.6. The maximum atomic E-state index is 13.3. The molecule has 0 aliphatic carbocycles. The number of amides is 2. The van der Waals surface area contributed by atoms with E-state index in [1.54, 1.807) is 12.0 Å². The minimum absolute atomic E-state index is 0.0350. The Labute approximate surface area is 362 Å². The number of nitrogens with one attached hydrogen (secondary N) is 1. The first kappa shape index (κ1) is 51.8. The van der Waals surface area contributed by atoms with Crippen molar-refractivity contribution in [3.63, 3.8) is 0 Å². The van der Waals surface area contributed by atoms with Crippen LogP contribution in [0.25, 0.3) is 0 Å². The van der Waals surface area contributed by atoms with Gasteiger partial charge in [-0.25, -0.2) is 0 Å². The molecule has 16 nitrogen and oxygen atoms in total. The fourth-order valence-electron chi connectivity index (χ4n) is 5.54. The van der Waals surface area contributed by atoms with Crippen molar-refractivity contribution in [1.82, 2.24) is 5.32 Å². The van der Waals surface area contributed by atoms with Gasteiger partial charge in [-0.15, -0.1) is 0 Å². The van der Waals surface area contributed by atoms with Gasteiger partial charge >= 0.3 is 0 Å². The van der Waals surface area contributed by atoms with Crippen molar-refractivity contribution in [3.8, 4) is 11.8 Å². The quantitative estimate of drug-likeness (QED) is 0.0770. The summed E-state index contributed by atoms with van der Waals surface area (Å²) >= 11 is 0. The summed E-state index contributed by atoms with van der Waals surface area (Å²) in [6.07, 6.45) is 0.968. The maximum absolute atomic E-state index is 13.3. The van der Waals surface area contributed by atoms with Crippen molar-refractivity contribution < 1.29 is 66.4 Å². The monoisotopic (exact) mass is 860 g/mol. The van der Waals surface area contributed by atoms with Crippen LogP contribution in [-0.2, 0) is 73.0 Å². The molecule has 0 unspecified atom stereocenters. The summed E-state index contributed by atoms with van der Waals surface area (Å²) in [4.78, 5) is 27.5. The summed E-state index contributed by atoms with van der Waals surface area (Å²) in [6, 6.07) is 15.5. The molecule has 2 aromatic carbocycles. The predicted molar refractivity (Wildman–Crippen MR) is 228 cm³/mol. The molecule has 0 aromatic heterocycles. The second-order valence-corrected chi connectivity index (χ2v) is 13.3. The lowest BCUT2D eigenvalue weighted by atomic mass is 10.0. The van der Waals surface area contributed by atoms with Crippen LogP contribution in [0.1, 0.15) is 36.0 Å². The zero-order chi connectivity index (χ0) is 43.1. The van der Waals surface area contributed by atoms with Crippen LogP contribution in [0, 0.1) is 11.8 Å². The van der Waals surface area contributed by atoms with Crippen LogP contribution < -0.4 is 10.2 Å². The molecule has 0 spiro atoms. The van der Waals surface area contributed by atoms with Crippen LogP contribution in [0.3, 0.4) is 0 Å². The Morgan fingerprint density at radius 1 is 0.492 bits per heavy atom. The number of rotatable bonds is 40. The number of methoxy groups -OCH3 is 1. The molecule has 2 aromatic rings. The molecule has 16 heteroatoms. The molecule has 2 amide bonds. The lowest BCUT2D eigenvalue weighted by Gasteiger charge is -2.26. The lowest BCUT2D eigenvalue weighted by molar-refractivity contribution is -0.121. The summed E-state index contributed by atoms with van der Waals surface area (Å²) in [7, 11) is 1.64. The molecule has 0 radical (unpaired) electrons. The largest absolute Gasteiger partial charge is 0.382 e. The number of anilines is 1. The van der Waals surface area contributed by atoms with E-state index < -0.39 is 0 Å². The van der Waals surface area contributed by atoms with Crippen LogP contribution in [0.4, 0.5) is 5.69 Å². The summed E-state index contributed by atoms with van der Waals surface area (Å²) in [5.74, 6) is 6.29. The highest BCUT2D eigenvalue weighted by Crippen LogP contribution is 2.26. The Hall–Kier alpha value is -3.54. The Morgan fingerprint density at radius 2 is 0.869 bits per heavy atom. The Bertz CT molecular complexity index is 1470. The number of fused-ring (bicyclic) bond motifs is 2. The van der Waals surface area contributed by atoms with Crippen LogP contribution in [0.2, 0.25) is 0 Å². The van der Waals surface area contributed by atoms with Gasteiger partial charge in [0.2, 0.25) is 11.8 Å². The van der Waals surface area contributed by atoms with Crippen molar-refractivity contribution in [3.05, 3.63) is 65.2 Å². The topological polar surface area (TPSA) is 160 Å². The first-order chi connectivity index (χ1) is 30.2. The van der Waals surface area contributed by atoms with E-state index in [-0.39, 0.29) is 24.7 Å². The molecule has 1 heterocycles. The van der Waals surface area contributed by atoms with E-state index >= 15 is 0 Å². The number of ether oxygens (including phenoxy) is 12. The van der Waals surface area contributed by atoms with Gasteiger partial charge in [0.1, 0.15) is 0 Å². The van der Waals surface area contributed by atoms with Crippen molar-refractivity contribution in [2.45, 2.75) is 25.8 Å². The Morgan fingerprint density at radius 3 is 1.33 bits per heavy atom. The third-order valence-electron chi connectivity index (χ3n) is 8.69. The van der Waals surface area contributed by atoms with E-state index in [0.717, 1.165) is 22.4 Å². The van der Waals surface area contributed by atoms with Gasteiger partial charge in [0.15, 0.2) is 0 Å². The van der Waals surface area contributed by atoms with Crippen LogP contribution in [0.5, 0.6) is 0 Å². The van der Waals surface area contributed by atoms with E-state index in [1.807, 2.05) is 48.5 Å². The first-order valence-corrected chi connectivity index (χ1v) is 21.3. The predicted octanol–water partition coefficient (Wildman–Crippen LogP) is 3.05. The van der Waals surface area contributed by atoms with Gasteiger partial charge in [0.25, 0.3) is 0 Å². The van der Waals surface area contributed by atoms with Crippen molar-refractivity contribution in [2.75, 3.05) is 171 Å². The minimum Gasteiger partial charge on any atom is -0.382 e. The summed E-state index contributed by atoms with van der Waals surface area (Å²) in [6.45, 7) is 12.1. The van der Waals surface area contributed by atoms with E-state index in [1.165, 1.54) is 0 Å². The molecule has 342 valence electrons. The zero-order valence-electron chi connectivity index (χ0n) is 36.1. The summed E-state index contributed by atoms with van der Waals surface area (Å²) < 4.78 is 65.1. The average Bonchev–Trinajstić information content (AvgIpc) is 3.27. The van der Waals surface area contributed by atoms with Gasteiger partial charge < -0.3 is 67.1 Å². The molecule has 0 saturated heterocycles. The highest BCUT2D eigenvalue weighted by Gasteiger charge is 2.21. The molecule has 3 rings (SSSR count). The van der Waals surface area contributed by atoms with Crippen molar-refractivity contribution >= 4 is 17.5 Å². The van der Waals surface area contributed by atoms with Gasteiger partial charge in [-0.2, -0.15) is 0 Å². The Kier molecular flexibility index (Phi) is 31.5. The minimum atomic E-state index is -0.110. The summed E-state index contributed by atoms with van der Waals surface area (Å²) in [5, 5.41) is 2.85. The van der Waals surface area contributed by atoms with Crippen LogP contribution >= 0.6 is 0 Å². The molecular weight excluding hydrogens is 792 g/mol. The molecule has 1 N–H and O–H groups in total. The summed E-state index contributed by atoms with van der Waals surface area (Å²) in [5.41, 5.74) is 3.52. The molecule has 0 fully saturated rings. The Balaban J connectivity index is 0.981. The smallest absolute Gasteiger partial charge is 0.227 e. The fourth-order valence-corrected chi connectivity index (χ4v) is 5.54. The second-order valence-electron chi connectivity index (χ2n) is 13.3. The SMILES string of the molecule is COCCOCCOCCOCCOCCOCCOCCOCCOCCOCCOCCOCCNC(=O)CCCC(=O)N1Cc2ccccc2C#Cc2ccccc21. The van der Waals surface area contributed by atoms with Gasteiger partial charge in [-0.05, 0) is 30.2 Å². The molecule has 61 heavy (non-hydrogen) atoms. The fraction of sp³-hybridized carbons (Fsp3) is 0.644. The number of hydrogen-bond donors (Lipinski definition) is 1. The molecular formula is C45H68N2O14. The zero-order valence-corrected chi connectivity index (χ0v) is 36.1. The lowest BCUT2D eigenvalue weighted by Crippen LogP contribution is -2.32. The van der Waals surface area contributed by atoms with E-state index in [4.69, 9.17) is 56.8 Å². The van der Waals surface area contributed by atoms with E-state index in [0.29, 0.717) is 171 Å². The van der Waals surface area contributed by atoms with Crippen LogP contribution in [0.15, 0.2) is 48.5 Å². The third kappa shape index (κ3) is 26.5. The average molecular weight is 861 g/mol. The number of carbonyl (C=O) groups is 2. The molecule has 0 saturated carbocycles. The molecule has 0 atom stereocenters. The molecule has 0 bridgehead atoms. The number of para-hydroxylation sites is 1. The maximum Gasteiger partial charge on any atom is 0.227 e. The van der Waals surface area contributed by atoms with E-state index in [2.05, 4.69) is 17.2 Å². The standard InChI is InChI=1S/C45H68N2O14/c1-50-17-18-52-21-22-54-25-26-56-29-30-58-33-34-60-37-38-61-36-35-59-32-31-57-28-27-55-24-23-53-20-19-51-16-15-46-44(48)11-6-12-45(49)47-39-42-9-3-2-7-40(42)13-14-41-8-4-5-10-43(41)47/h2-5,7-10H,6,11-12,15-39H2,1H3,(H,46,48). The normalized spacial score (nSPS) is 12.0. The van der Waals surface area contributed by atoms with Gasteiger partial charge in [0.05, 0.1) is 164 Å². The number of nitrogens with zero attached hydrogens (tertiary/aromatic N) is 1. The van der Waals surface area contributed by atoms with Gasteiger partial charge in [-0.3, -0.25) is 9.59 Å². The molecule has 1 aliphatic heterocycles. The number of hydrogen-bond acceptors (Lipinski definition) is 14. The highest BCUT2D eigenvalue weighted by molar-refractivity contribution is 5.95. The van der Waals surface area contributed by atoms with Gasteiger partial charge in [-0.1, -0.05) is 42.2 Å². The number of benzene rings is 2. The molecule has 1 aliphatic rings. The number of carbonyl (C=O) groups excluding carboxylic acids is 2. The van der Waals surface area contributed by atoms with Crippen molar-refractivity contribution in [1.29, 1.82) is 0 Å². The van der Waals surface area contributed by atoms with Gasteiger partial charge in [0, 0.05) is 37.6 Å². The van der Waals surface area contributed by atoms with Crippen LogP contribution in [-0.4, -0.2) is 177 Å². The second kappa shape index (κ2) is 37.1. The van der Waals surface area contributed by atoms with Crippen molar-refractivity contribution in [2.24, 2.45) is 0 Å².